The first-order valence-electron chi connectivity index (χ1n) is 10.2. The highest BCUT2D eigenvalue weighted by Gasteiger charge is 2.32. The number of rotatable bonds is 5. The third-order valence-electron chi connectivity index (χ3n) is 5.84. The molecular weight excluding hydrogens is 381 g/mol. The Morgan fingerprint density at radius 1 is 1.11 bits per heavy atom. The zero-order valence-corrected chi connectivity index (χ0v) is 17.3. The van der Waals surface area contributed by atoms with Crippen LogP contribution in [0.1, 0.15) is 45.4 Å². The van der Waals surface area contributed by atoms with Crippen molar-refractivity contribution in [1.29, 1.82) is 0 Å². The summed E-state index contributed by atoms with van der Waals surface area (Å²) in [7, 11) is -3.71. The van der Waals surface area contributed by atoms with Crippen molar-refractivity contribution in [3.63, 3.8) is 0 Å². The minimum Gasteiger partial charge on any atom is -0.352 e. The van der Waals surface area contributed by atoms with Gasteiger partial charge in [0.05, 0.1) is 10.9 Å². The highest BCUT2D eigenvalue weighted by molar-refractivity contribution is 7.89. The fourth-order valence-electron chi connectivity index (χ4n) is 4.02. The number of halogens is 1. The molecule has 1 aliphatic carbocycles. The molecule has 28 heavy (non-hydrogen) atoms. The molecular formula is C20H30FN3O3S. The number of carbonyl (C=O) groups is 1. The number of piperazine rings is 1. The fraction of sp³-hybridized carbons (Fsp3) is 0.650. The van der Waals surface area contributed by atoms with Gasteiger partial charge in [0.15, 0.2) is 0 Å². The van der Waals surface area contributed by atoms with Crippen LogP contribution in [0, 0.1) is 5.82 Å². The Morgan fingerprint density at radius 2 is 1.75 bits per heavy atom. The molecule has 0 bridgehead atoms. The lowest BCUT2D eigenvalue weighted by Crippen LogP contribution is -2.55. The van der Waals surface area contributed by atoms with Crippen molar-refractivity contribution < 1.29 is 17.6 Å². The first-order chi connectivity index (χ1) is 13.4. The minimum absolute atomic E-state index is 0.0216. The van der Waals surface area contributed by atoms with Crippen LogP contribution in [0.5, 0.6) is 0 Å². The van der Waals surface area contributed by atoms with Crippen molar-refractivity contribution in [2.24, 2.45) is 0 Å². The van der Waals surface area contributed by atoms with Crippen LogP contribution in [-0.2, 0) is 14.8 Å². The molecule has 1 amide bonds. The maximum Gasteiger partial charge on any atom is 0.243 e. The molecule has 3 rings (SSSR count). The van der Waals surface area contributed by atoms with Crippen LogP contribution in [0.3, 0.4) is 0 Å². The van der Waals surface area contributed by atoms with E-state index in [1.54, 1.807) is 0 Å². The summed E-state index contributed by atoms with van der Waals surface area (Å²) in [6.45, 7) is 3.42. The van der Waals surface area contributed by atoms with E-state index in [1.807, 2.05) is 11.8 Å². The highest BCUT2D eigenvalue weighted by Crippen LogP contribution is 2.20. The molecule has 8 heteroatoms. The zero-order valence-electron chi connectivity index (χ0n) is 16.4. The van der Waals surface area contributed by atoms with Gasteiger partial charge in [-0.05, 0) is 38.0 Å². The second-order valence-electron chi connectivity index (χ2n) is 7.77. The van der Waals surface area contributed by atoms with Crippen LogP contribution >= 0.6 is 0 Å². The molecule has 1 aromatic rings. The molecule has 1 heterocycles. The van der Waals surface area contributed by atoms with Crippen molar-refractivity contribution in [3.8, 4) is 0 Å². The number of benzene rings is 1. The van der Waals surface area contributed by atoms with E-state index in [2.05, 4.69) is 5.32 Å². The van der Waals surface area contributed by atoms with Crippen molar-refractivity contribution in [2.45, 2.75) is 62.4 Å². The SMILES string of the molecule is CC(C(=O)NC1CCCCCC1)N1CCN(S(=O)(=O)c2cccc(F)c2)CC1. The van der Waals surface area contributed by atoms with Gasteiger partial charge >= 0.3 is 0 Å². The summed E-state index contributed by atoms with van der Waals surface area (Å²) in [5.74, 6) is -0.545. The van der Waals surface area contributed by atoms with E-state index in [-0.39, 0.29) is 22.9 Å². The van der Waals surface area contributed by atoms with Crippen LogP contribution < -0.4 is 5.32 Å². The Kier molecular flexibility index (Phi) is 7.06. The lowest BCUT2D eigenvalue weighted by molar-refractivity contribution is -0.127. The fourth-order valence-corrected chi connectivity index (χ4v) is 5.47. The van der Waals surface area contributed by atoms with Crippen LogP contribution in [-0.4, -0.2) is 61.8 Å². The van der Waals surface area contributed by atoms with E-state index in [0.717, 1.165) is 31.7 Å². The Balaban J connectivity index is 1.54. The molecule has 6 nitrogen and oxygen atoms in total. The molecule has 156 valence electrons. The zero-order chi connectivity index (χ0) is 20.1. The minimum atomic E-state index is -3.71. The van der Waals surface area contributed by atoms with E-state index in [9.17, 15) is 17.6 Å². The number of carbonyl (C=O) groups excluding carboxylic acids is 1. The van der Waals surface area contributed by atoms with Crippen molar-refractivity contribution >= 4 is 15.9 Å². The summed E-state index contributed by atoms with van der Waals surface area (Å²) in [5, 5.41) is 3.18. The van der Waals surface area contributed by atoms with Crippen LogP contribution in [0.2, 0.25) is 0 Å². The summed E-state index contributed by atoms with van der Waals surface area (Å²) in [4.78, 5) is 14.6. The number of nitrogens with one attached hydrogen (secondary N) is 1. The number of hydrogen-bond acceptors (Lipinski definition) is 4. The van der Waals surface area contributed by atoms with E-state index in [1.165, 1.54) is 35.3 Å². The lowest BCUT2D eigenvalue weighted by atomic mass is 10.1. The first kappa shape index (κ1) is 21.2. The molecule has 1 unspecified atom stereocenters. The molecule has 1 saturated carbocycles. The first-order valence-corrected chi connectivity index (χ1v) is 11.6. The van der Waals surface area contributed by atoms with E-state index in [0.29, 0.717) is 26.2 Å². The quantitative estimate of drug-likeness (QED) is 0.756. The summed E-state index contributed by atoms with van der Waals surface area (Å²) in [5.41, 5.74) is 0. The van der Waals surface area contributed by atoms with Gasteiger partial charge in [-0.15, -0.1) is 0 Å². The van der Waals surface area contributed by atoms with Gasteiger partial charge in [-0.2, -0.15) is 4.31 Å². The topological polar surface area (TPSA) is 69.7 Å². The maximum absolute atomic E-state index is 13.4. The predicted molar refractivity (Wildman–Crippen MR) is 106 cm³/mol. The standard InChI is InChI=1S/C20H30FN3O3S/c1-16(20(25)22-18-8-4-2-3-5-9-18)23-11-13-24(14-12-23)28(26,27)19-10-6-7-17(21)15-19/h6-7,10,15-16,18H,2-5,8-9,11-14H2,1H3,(H,22,25). The number of nitrogens with zero attached hydrogens (tertiary/aromatic N) is 2. The van der Waals surface area contributed by atoms with E-state index < -0.39 is 15.8 Å². The van der Waals surface area contributed by atoms with E-state index >= 15 is 0 Å². The average Bonchev–Trinajstić information content (AvgIpc) is 2.96. The molecule has 2 fully saturated rings. The van der Waals surface area contributed by atoms with Gasteiger partial charge in [0.25, 0.3) is 0 Å². The van der Waals surface area contributed by atoms with Gasteiger partial charge in [-0.1, -0.05) is 31.7 Å². The second kappa shape index (κ2) is 9.33. The molecule has 0 aromatic heterocycles. The second-order valence-corrected chi connectivity index (χ2v) is 9.71. The highest BCUT2D eigenvalue weighted by atomic mass is 32.2. The summed E-state index contributed by atoms with van der Waals surface area (Å²) >= 11 is 0. The lowest BCUT2D eigenvalue weighted by Gasteiger charge is -2.37. The van der Waals surface area contributed by atoms with Crippen LogP contribution in [0.25, 0.3) is 0 Å². The summed E-state index contributed by atoms with van der Waals surface area (Å²) in [6, 6.07) is 5.05. The number of hydrogen-bond donors (Lipinski definition) is 1. The molecule has 1 aromatic carbocycles. The van der Waals surface area contributed by atoms with Gasteiger partial charge in [-0.3, -0.25) is 9.69 Å². The van der Waals surface area contributed by atoms with Gasteiger partial charge in [0.1, 0.15) is 5.82 Å². The Labute approximate surface area is 167 Å². The van der Waals surface area contributed by atoms with Gasteiger partial charge in [0.2, 0.25) is 15.9 Å². The summed E-state index contributed by atoms with van der Waals surface area (Å²) < 4.78 is 40.2. The number of amides is 1. The third kappa shape index (κ3) is 5.10. The monoisotopic (exact) mass is 411 g/mol. The third-order valence-corrected chi connectivity index (χ3v) is 7.73. The maximum atomic E-state index is 13.4. The normalized spacial score (nSPS) is 21.8. The molecule has 0 spiro atoms. The summed E-state index contributed by atoms with van der Waals surface area (Å²) in [6.07, 6.45) is 6.88. The molecule has 2 aliphatic rings. The predicted octanol–water partition coefficient (Wildman–Crippen LogP) is 2.36. The largest absolute Gasteiger partial charge is 0.352 e. The Morgan fingerprint density at radius 3 is 2.36 bits per heavy atom. The molecule has 1 saturated heterocycles. The molecule has 1 N–H and O–H groups in total. The van der Waals surface area contributed by atoms with Crippen LogP contribution in [0.4, 0.5) is 4.39 Å². The smallest absolute Gasteiger partial charge is 0.243 e. The van der Waals surface area contributed by atoms with Crippen molar-refractivity contribution in [1.82, 2.24) is 14.5 Å². The number of sulfonamides is 1. The van der Waals surface area contributed by atoms with Crippen molar-refractivity contribution in [2.75, 3.05) is 26.2 Å². The van der Waals surface area contributed by atoms with Crippen molar-refractivity contribution in [3.05, 3.63) is 30.1 Å². The Bertz CT molecular complexity index is 771. The molecule has 0 radical (unpaired) electrons. The van der Waals surface area contributed by atoms with Crippen LogP contribution in [0.15, 0.2) is 29.2 Å². The van der Waals surface area contributed by atoms with Gasteiger partial charge < -0.3 is 5.32 Å². The molecule has 1 atom stereocenters. The van der Waals surface area contributed by atoms with E-state index in [4.69, 9.17) is 0 Å². The van der Waals surface area contributed by atoms with Gasteiger partial charge in [-0.25, -0.2) is 12.8 Å². The average molecular weight is 412 g/mol. The van der Waals surface area contributed by atoms with Gasteiger partial charge in [0, 0.05) is 32.2 Å². The molecule has 1 aliphatic heterocycles. The Hall–Kier alpha value is -1.51.